The van der Waals surface area contributed by atoms with Crippen LogP contribution in [-0.4, -0.2) is 56.2 Å². The average molecular weight is 410 g/mol. The summed E-state index contributed by atoms with van der Waals surface area (Å²) >= 11 is 3.63. The minimum absolute atomic E-state index is 0.466. The molecule has 0 amide bonds. The van der Waals surface area contributed by atoms with E-state index in [1.807, 2.05) is 0 Å². The van der Waals surface area contributed by atoms with Gasteiger partial charge in [-0.25, -0.2) is 0 Å². The molecule has 1 aromatic carbocycles. The van der Waals surface area contributed by atoms with Crippen molar-refractivity contribution in [2.75, 3.05) is 46.4 Å². The topological polar surface area (TPSA) is 48.7 Å². The van der Waals surface area contributed by atoms with Crippen LogP contribution < -0.4 is 9.47 Å². The van der Waals surface area contributed by atoms with E-state index in [4.69, 9.17) is 14.7 Å². The van der Waals surface area contributed by atoms with Gasteiger partial charge in [-0.3, -0.25) is 9.80 Å². The van der Waals surface area contributed by atoms with Crippen molar-refractivity contribution in [2.45, 2.75) is 26.8 Å². The van der Waals surface area contributed by atoms with Gasteiger partial charge in [0.1, 0.15) is 0 Å². The highest BCUT2D eigenvalue weighted by atomic mass is 79.9. The van der Waals surface area contributed by atoms with Crippen molar-refractivity contribution in [1.82, 2.24) is 9.80 Å². The molecule has 1 aliphatic rings. The largest absolute Gasteiger partial charge is 0.493 e. The van der Waals surface area contributed by atoms with Crippen LogP contribution in [0, 0.1) is 17.2 Å². The van der Waals surface area contributed by atoms with E-state index in [0.717, 1.165) is 55.2 Å². The highest BCUT2D eigenvalue weighted by molar-refractivity contribution is 9.10. The van der Waals surface area contributed by atoms with Gasteiger partial charge in [0.15, 0.2) is 11.5 Å². The van der Waals surface area contributed by atoms with Gasteiger partial charge in [0.05, 0.1) is 24.3 Å². The molecule has 138 valence electrons. The standard InChI is InChI=1S/C19H28BrN3O2/c1-15(2)14-25-19-17(20)11-16(12-18(19)24-3)13-23-9-7-22(8-10-23)6-4-5-21/h11-12,15H,4,6-10,13-14H2,1-3H3. The molecule has 0 atom stereocenters. The lowest BCUT2D eigenvalue weighted by molar-refractivity contribution is 0.129. The molecule has 25 heavy (non-hydrogen) atoms. The van der Waals surface area contributed by atoms with Crippen molar-refractivity contribution in [3.05, 3.63) is 22.2 Å². The van der Waals surface area contributed by atoms with Gasteiger partial charge in [0.25, 0.3) is 0 Å². The molecular formula is C19H28BrN3O2. The van der Waals surface area contributed by atoms with Crippen LogP contribution in [-0.2, 0) is 6.54 Å². The minimum Gasteiger partial charge on any atom is -0.493 e. The highest BCUT2D eigenvalue weighted by Crippen LogP contribution is 2.37. The molecule has 0 aromatic heterocycles. The predicted octanol–water partition coefficient (Wildman–Crippen LogP) is 3.52. The molecule has 0 N–H and O–H groups in total. The van der Waals surface area contributed by atoms with Gasteiger partial charge in [-0.15, -0.1) is 0 Å². The number of nitriles is 1. The normalized spacial score (nSPS) is 16.0. The third-order valence-electron chi connectivity index (χ3n) is 4.26. The summed E-state index contributed by atoms with van der Waals surface area (Å²) in [7, 11) is 1.68. The average Bonchev–Trinajstić information content (AvgIpc) is 2.59. The Labute approximate surface area is 159 Å². The Bertz CT molecular complexity index is 593. The van der Waals surface area contributed by atoms with Crippen LogP contribution in [0.1, 0.15) is 25.8 Å². The summed E-state index contributed by atoms with van der Waals surface area (Å²) in [6.07, 6.45) is 0.613. The number of hydrogen-bond donors (Lipinski definition) is 0. The summed E-state index contributed by atoms with van der Waals surface area (Å²) in [5, 5.41) is 8.70. The van der Waals surface area contributed by atoms with E-state index in [1.54, 1.807) is 7.11 Å². The van der Waals surface area contributed by atoms with Crippen molar-refractivity contribution in [2.24, 2.45) is 5.92 Å². The van der Waals surface area contributed by atoms with Crippen molar-refractivity contribution in [1.29, 1.82) is 5.26 Å². The minimum atomic E-state index is 0.466. The summed E-state index contributed by atoms with van der Waals surface area (Å²) in [6.45, 7) is 10.8. The SMILES string of the molecule is COc1cc(CN2CCN(CCC#N)CC2)cc(Br)c1OCC(C)C. The Morgan fingerprint density at radius 1 is 1.20 bits per heavy atom. The zero-order valence-corrected chi connectivity index (χ0v) is 17.0. The molecular weight excluding hydrogens is 382 g/mol. The summed E-state index contributed by atoms with van der Waals surface area (Å²) in [5.41, 5.74) is 1.21. The van der Waals surface area contributed by atoms with E-state index < -0.39 is 0 Å². The van der Waals surface area contributed by atoms with E-state index in [9.17, 15) is 0 Å². The van der Waals surface area contributed by atoms with E-state index in [2.05, 4.69) is 57.8 Å². The first-order valence-electron chi connectivity index (χ1n) is 8.84. The number of hydrogen-bond acceptors (Lipinski definition) is 5. The van der Waals surface area contributed by atoms with Gasteiger partial charge in [-0.1, -0.05) is 13.8 Å². The molecule has 0 radical (unpaired) electrons. The number of piperazine rings is 1. The van der Waals surface area contributed by atoms with Gasteiger partial charge in [0, 0.05) is 45.7 Å². The Kier molecular flexibility index (Phi) is 8.01. The molecule has 1 aromatic rings. The maximum Gasteiger partial charge on any atom is 0.175 e. The summed E-state index contributed by atoms with van der Waals surface area (Å²) in [6, 6.07) is 6.42. The fourth-order valence-corrected chi connectivity index (χ4v) is 3.50. The third kappa shape index (κ3) is 6.18. The Hall–Kier alpha value is -1.29. The van der Waals surface area contributed by atoms with Crippen LogP contribution in [0.4, 0.5) is 0 Å². The molecule has 5 nitrogen and oxygen atoms in total. The Morgan fingerprint density at radius 2 is 1.88 bits per heavy atom. The summed E-state index contributed by atoms with van der Waals surface area (Å²) in [5.74, 6) is 2.02. The number of methoxy groups -OCH3 is 1. The fraction of sp³-hybridized carbons (Fsp3) is 0.632. The molecule has 2 rings (SSSR count). The van der Waals surface area contributed by atoms with Gasteiger partial charge >= 0.3 is 0 Å². The molecule has 0 saturated carbocycles. The number of halogens is 1. The molecule has 0 bridgehead atoms. The van der Waals surface area contributed by atoms with Crippen molar-refractivity contribution < 1.29 is 9.47 Å². The van der Waals surface area contributed by atoms with Crippen LogP contribution in [0.5, 0.6) is 11.5 Å². The van der Waals surface area contributed by atoms with Crippen molar-refractivity contribution >= 4 is 15.9 Å². The summed E-state index contributed by atoms with van der Waals surface area (Å²) in [4.78, 5) is 4.80. The monoisotopic (exact) mass is 409 g/mol. The lowest BCUT2D eigenvalue weighted by Gasteiger charge is -2.34. The van der Waals surface area contributed by atoms with Gasteiger partial charge < -0.3 is 9.47 Å². The first kappa shape index (κ1) is 20.0. The molecule has 6 heteroatoms. The van der Waals surface area contributed by atoms with Crippen LogP contribution in [0.3, 0.4) is 0 Å². The van der Waals surface area contributed by atoms with Crippen LogP contribution >= 0.6 is 15.9 Å². The quantitative estimate of drug-likeness (QED) is 0.657. The first-order chi connectivity index (χ1) is 12.0. The smallest absolute Gasteiger partial charge is 0.175 e. The molecule has 0 aliphatic carbocycles. The molecule has 1 aliphatic heterocycles. The fourth-order valence-electron chi connectivity index (χ4n) is 2.89. The third-order valence-corrected chi connectivity index (χ3v) is 4.85. The lowest BCUT2D eigenvalue weighted by atomic mass is 10.1. The molecule has 1 fully saturated rings. The highest BCUT2D eigenvalue weighted by Gasteiger charge is 2.18. The van der Waals surface area contributed by atoms with Crippen molar-refractivity contribution in [3.8, 4) is 17.6 Å². The predicted molar refractivity (Wildman–Crippen MR) is 103 cm³/mol. The maximum absolute atomic E-state index is 8.70. The van der Waals surface area contributed by atoms with E-state index in [1.165, 1.54) is 5.56 Å². The zero-order valence-electron chi connectivity index (χ0n) is 15.4. The maximum atomic E-state index is 8.70. The number of rotatable bonds is 8. The van der Waals surface area contributed by atoms with E-state index >= 15 is 0 Å². The number of nitrogens with zero attached hydrogens (tertiary/aromatic N) is 3. The number of benzene rings is 1. The molecule has 1 saturated heterocycles. The molecule has 1 heterocycles. The van der Waals surface area contributed by atoms with Gasteiger partial charge in [0.2, 0.25) is 0 Å². The Morgan fingerprint density at radius 3 is 2.48 bits per heavy atom. The van der Waals surface area contributed by atoms with Crippen LogP contribution in [0.25, 0.3) is 0 Å². The zero-order chi connectivity index (χ0) is 18.2. The lowest BCUT2D eigenvalue weighted by Crippen LogP contribution is -2.46. The summed E-state index contributed by atoms with van der Waals surface area (Å²) < 4.78 is 12.4. The second-order valence-electron chi connectivity index (χ2n) is 6.84. The van der Waals surface area contributed by atoms with Crippen molar-refractivity contribution in [3.63, 3.8) is 0 Å². The van der Waals surface area contributed by atoms with E-state index in [-0.39, 0.29) is 0 Å². The second kappa shape index (κ2) is 10.0. The molecule has 0 unspecified atom stereocenters. The molecule has 0 spiro atoms. The second-order valence-corrected chi connectivity index (χ2v) is 7.69. The first-order valence-corrected chi connectivity index (χ1v) is 9.63. The van der Waals surface area contributed by atoms with E-state index in [0.29, 0.717) is 18.9 Å². The van der Waals surface area contributed by atoms with Crippen LogP contribution in [0.15, 0.2) is 16.6 Å². The van der Waals surface area contributed by atoms with Gasteiger partial charge in [-0.05, 0) is 39.5 Å². The van der Waals surface area contributed by atoms with Gasteiger partial charge in [-0.2, -0.15) is 5.26 Å². The Balaban J connectivity index is 1.96. The van der Waals surface area contributed by atoms with Crippen LogP contribution in [0.2, 0.25) is 0 Å². The number of ether oxygens (including phenoxy) is 2.